The molecule has 28 heavy (non-hydrogen) atoms. The summed E-state index contributed by atoms with van der Waals surface area (Å²) in [6, 6.07) is 12.8. The van der Waals surface area contributed by atoms with E-state index in [1.165, 1.54) is 18.3 Å². The smallest absolute Gasteiger partial charge is 0.208 e. The van der Waals surface area contributed by atoms with Crippen LogP contribution in [0.1, 0.15) is 16.7 Å². The molecular formula is C21H14F2N2O3. The highest BCUT2D eigenvalue weighted by atomic mass is 19.1. The highest BCUT2D eigenvalue weighted by Crippen LogP contribution is 2.44. The Kier molecular flexibility index (Phi) is 4.07. The van der Waals surface area contributed by atoms with Crippen molar-refractivity contribution in [1.82, 2.24) is 0 Å². The Morgan fingerprint density at radius 3 is 2.36 bits per heavy atom. The Morgan fingerprint density at radius 2 is 1.57 bits per heavy atom. The lowest BCUT2D eigenvalue weighted by atomic mass is 9.90. The topological polar surface area (TPSA) is 85.4 Å². The standard InChI is InChI=1S/C21H14F2N2O3/c22-13-4-7-20(28)17(9-13)21(16-10-15(27)5-6-18(16)23)24-11-19(25-21)12-2-1-3-14(26)8-12/h1-11,26-28H. The van der Waals surface area contributed by atoms with E-state index in [1.54, 1.807) is 12.1 Å². The molecule has 4 rings (SSSR count). The molecule has 140 valence electrons. The number of aromatic hydroxyl groups is 3. The SMILES string of the molecule is Oc1cccc(C2=NC(c3cc(F)ccc3O)(c3cc(O)ccc3F)N=C2)c1. The van der Waals surface area contributed by atoms with Gasteiger partial charge in [0.2, 0.25) is 5.66 Å². The van der Waals surface area contributed by atoms with Gasteiger partial charge in [-0.2, -0.15) is 0 Å². The summed E-state index contributed by atoms with van der Waals surface area (Å²) in [5, 5.41) is 29.9. The molecule has 0 fully saturated rings. The molecule has 0 radical (unpaired) electrons. The highest BCUT2D eigenvalue weighted by molar-refractivity contribution is 6.39. The highest BCUT2D eigenvalue weighted by Gasteiger charge is 2.41. The van der Waals surface area contributed by atoms with Crippen LogP contribution >= 0.6 is 0 Å². The van der Waals surface area contributed by atoms with Crippen LogP contribution in [0, 0.1) is 11.6 Å². The van der Waals surface area contributed by atoms with E-state index in [0.29, 0.717) is 11.3 Å². The van der Waals surface area contributed by atoms with Gasteiger partial charge in [-0.1, -0.05) is 12.1 Å². The first kappa shape index (κ1) is 17.7. The molecule has 0 aliphatic carbocycles. The van der Waals surface area contributed by atoms with Crippen LogP contribution in [-0.2, 0) is 5.66 Å². The molecule has 5 nitrogen and oxygen atoms in total. The van der Waals surface area contributed by atoms with Gasteiger partial charge < -0.3 is 15.3 Å². The lowest BCUT2D eigenvalue weighted by Crippen LogP contribution is -2.23. The summed E-state index contributed by atoms with van der Waals surface area (Å²) in [6.07, 6.45) is 1.35. The quantitative estimate of drug-likeness (QED) is 0.645. The van der Waals surface area contributed by atoms with Crippen molar-refractivity contribution in [3.05, 3.63) is 89.0 Å². The third-order valence-corrected chi connectivity index (χ3v) is 4.46. The first-order valence-electron chi connectivity index (χ1n) is 8.31. The minimum absolute atomic E-state index is 0.00300. The number of hydrogen-bond acceptors (Lipinski definition) is 5. The van der Waals surface area contributed by atoms with E-state index in [0.717, 1.165) is 36.4 Å². The number of rotatable bonds is 3. The second-order valence-corrected chi connectivity index (χ2v) is 6.30. The van der Waals surface area contributed by atoms with Crippen molar-refractivity contribution in [3.8, 4) is 17.2 Å². The van der Waals surface area contributed by atoms with E-state index in [4.69, 9.17) is 0 Å². The lowest BCUT2D eigenvalue weighted by Gasteiger charge is -2.26. The molecule has 0 saturated heterocycles. The fraction of sp³-hybridized carbons (Fsp3) is 0.0476. The predicted molar refractivity (Wildman–Crippen MR) is 100 cm³/mol. The van der Waals surface area contributed by atoms with Crippen molar-refractivity contribution in [3.63, 3.8) is 0 Å². The Bertz CT molecular complexity index is 1090. The summed E-state index contributed by atoms with van der Waals surface area (Å²) in [6.45, 7) is 0. The average Bonchev–Trinajstić information content (AvgIpc) is 3.12. The van der Waals surface area contributed by atoms with Gasteiger partial charge in [0.1, 0.15) is 28.9 Å². The summed E-state index contributed by atoms with van der Waals surface area (Å²) in [7, 11) is 0. The summed E-state index contributed by atoms with van der Waals surface area (Å²) in [5.74, 6) is -1.96. The molecule has 1 heterocycles. The molecule has 0 spiro atoms. The zero-order valence-corrected chi connectivity index (χ0v) is 14.3. The molecule has 1 aliphatic heterocycles. The number of benzene rings is 3. The van der Waals surface area contributed by atoms with Crippen molar-refractivity contribution in [2.24, 2.45) is 9.98 Å². The summed E-state index contributed by atoms with van der Waals surface area (Å²) < 4.78 is 28.7. The third kappa shape index (κ3) is 2.87. The largest absolute Gasteiger partial charge is 0.508 e. The molecule has 1 atom stereocenters. The van der Waals surface area contributed by atoms with Gasteiger partial charge in [0.15, 0.2) is 0 Å². The number of phenolic OH excluding ortho intramolecular Hbond substituents is 3. The van der Waals surface area contributed by atoms with Gasteiger partial charge in [-0.3, -0.25) is 4.99 Å². The molecule has 0 aromatic heterocycles. The first-order valence-corrected chi connectivity index (χ1v) is 8.31. The first-order chi connectivity index (χ1) is 13.4. The van der Waals surface area contributed by atoms with E-state index in [2.05, 4.69) is 9.98 Å². The Morgan fingerprint density at radius 1 is 0.786 bits per heavy atom. The molecule has 0 saturated carbocycles. The molecule has 3 aromatic carbocycles. The Labute approximate surface area is 158 Å². The third-order valence-electron chi connectivity index (χ3n) is 4.46. The van der Waals surface area contributed by atoms with Crippen LogP contribution in [0.2, 0.25) is 0 Å². The maximum Gasteiger partial charge on any atom is 0.208 e. The zero-order valence-electron chi connectivity index (χ0n) is 14.3. The summed E-state index contributed by atoms with van der Waals surface area (Å²) >= 11 is 0. The number of halogens is 2. The van der Waals surface area contributed by atoms with Gasteiger partial charge in [-0.25, -0.2) is 13.8 Å². The minimum Gasteiger partial charge on any atom is -0.508 e. The van der Waals surface area contributed by atoms with Crippen LogP contribution in [-0.4, -0.2) is 27.2 Å². The van der Waals surface area contributed by atoms with Crippen molar-refractivity contribution in [2.75, 3.05) is 0 Å². The fourth-order valence-electron chi connectivity index (χ4n) is 3.16. The summed E-state index contributed by atoms with van der Waals surface area (Å²) in [4.78, 5) is 8.79. The van der Waals surface area contributed by atoms with Crippen LogP contribution in [0.25, 0.3) is 0 Å². The second kappa shape index (κ2) is 6.45. The number of nitrogens with zero attached hydrogens (tertiary/aromatic N) is 2. The van der Waals surface area contributed by atoms with Crippen LogP contribution < -0.4 is 0 Å². The van der Waals surface area contributed by atoms with Crippen LogP contribution in [0.5, 0.6) is 17.2 Å². The minimum atomic E-state index is -1.84. The molecule has 0 bridgehead atoms. The van der Waals surface area contributed by atoms with Gasteiger partial charge in [0.05, 0.1) is 17.5 Å². The number of hydrogen-bond donors (Lipinski definition) is 3. The zero-order chi connectivity index (χ0) is 19.9. The maximum atomic E-state index is 14.7. The van der Waals surface area contributed by atoms with E-state index in [9.17, 15) is 24.1 Å². The Hall–Kier alpha value is -3.74. The van der Waals surface area contributed by atoms with E-state index in [1.807, 2.05) is 0 Å². The van der Waals surface area contributed by atoms with E-state index < -0.39 is 17.3 Å². The van der Waals surface area contributed by atoms with Crippen molar-refractivity contribution < 1.29 is 24.1 Å². The monoisotopic (exact) mass is 380 g/mol. The van der Waals surface area contributed by atoms with Gasteiger partial charge >= 0.3 is 0 Å². The molecule has 0 amide bonds. The normalized spacial score (nSPS) is 18.3. The average molecular weight is 380 g/mol. The molecule has 3 aromatic rings. The van der Waals surface area contributed by atoms with Crippen molar-refractivity contribution in [1.29, 1.82) is 0 Å². The van der Waals surface area contributed by atoms with Gasteiger partial charge in [0.25, 0.3) is 0 Å². The molecular weight excluding hydrogens is 366 g/mol. The summed E-state index contributed by atoms with van der Waals surface area (Å²) in [5.41, 5.74) is -1.27. The van der Waals surface area contributed by atoms with Gasteiger partial charge in [-0.05, 0) is 48.5 Å². The number of aliphatic imine (C=N–C) groups is 2. The maximum absolute atomic E-state index is 14.7. The van der Waals surface area contributed by atoms with Gasteiger partial charge in [0, 0.05) is 11.1 Å². The molecule has 3 N–H and O–H groups in total. The Balaban J connectivity index is 2.00. The van der Waals surface area contributed by atoms with Crippen LogP contribution in [0.3, 0.4) is 0 Å². The van der Waals surface area contributed by atoms with E-state index >= 15 is 0 Å². The molecule has 1 unspecified atom stereocenters. The van der Waals surface area contributed by atoms with Crippen LogP contribution in [0.15, 0.2) is 70.6 Å². The van der Waals surface area contributed by atoms with Gasteiger partial charge in [-0.15, -0.1) is 0 Å². The fourth-order valence-corrected chi connectivity index (χ4v) is 3.16. The molecule has 1 aliphatic rings. The second-order valence-electron chi connectivity index (χ2n) is 6.30. The lowest BCUT2D eigenvalue weighted by molar-refractivity contribution is 0.432. The van der Waals surface area contributed by atoms with Crippen molar-refractivity contribution >= 4 is 11.9 Å². The number of phenols is 3. The van der Waals surface area contributed by atoms with Crippen molar-refractivity contribution in [2.45, 2.75) is 5.66 Å². The predicted octanol–water partition coefficient (Wildman–Crippen LogP) is 3.86. The van der Waals surface area contributed by atoms with E-state index in [-0.39, 0.29) is 28.4 Å². The molecule has 7 heteroatoms. The van der Waals surface area contributed by atoms with Crippen LogP contribution in [0.4, 0.5) is 8.78 Å².